The van der Waals surface area contributed by atoms with Crippen LogP contribution >= 0.6 is 45.2 Å². The van der Waals surface area contributed by atoms with Crippen molar-refractivity contribution in [1.29, 1.82) is 0 Å². The van der Waals surface area contributed by atoms with Gasteiger partial charge in [-0.1, -0.05) is 30.3 Å². The maximum Gasteiger partial charge on any atom is 0.240 e. The molecule has 2 rings (SSSR count). The minimum atomic E-state index is -0.0933. The molecule has 0 bridgehead atoms. The molecule has 0 saturated carbocycles. The first-order valence-corrected chi connectivity index (χ1v) is 10.1. The maximum absolute atomic E-state index is 11.9. The number of hydrazone groups is 1. The van der Waals surface area contributed by atoms with E-state index in [0.717, 1.165) is 24.0 Å². The van der Waals surface area contributed by atoms with Crippen molar-refractivity contribution in [1.82, 2.24) is 5.43 Å². The van der Waals surface area contributed by atoms with Gasteiger partial charge < -0.3 is 4.74 Å². The van der Waals surface area contributed by atoms with Crippen LogP contribution in [0.1, 0.15) is 31.4 Å². The zero-order valence-electron chi connectivity index (χ0n) is 14.1. The van der Waals surface area contributed by atoms with E-state index in [1.54, 1.807) is 6.21 Å². The Labute approximate surface area is 175 Å². The van der Waals surface area contributed by atoms with E-state index in [2.05, 4.69) is 55.7 Å². The van der Waals surface area contributed by atoms with E-state index in [4.69, 9.17) is 4.74 Å². The molecule has 0 unspecified atom stereocenters. The van der Waals surface area contributed by atoms with Crippen LogP contribution in [0.15, 0.2) is 47.6 Å². The topological polar surface area (TPSA) is 50.7 Å². The molecule has 6 heteroatoms. The molecule has 0 aliphatic heterocycles. The van der Waals surface area contributed by atoms with Gasteiger partial charge in [0.05, 0.1) is 19.5 Å². The third-order valence-corrected chi connectivity index (χ3v) is 4.86. The molecular formula is C19H20I2N2O2. The van der Waals surface area contributed by atoms with Gasteiger partial charge in [-0.25, -0.2) is 5.43 Å². The number of halogens is 2. The Balaban J connectivity index is 1.90. The molecule has 1 amide bonds. The van der Waals surface area contributed by atoms with E-state index in [9.17, 15) is 4.79 Å². The Morgan fingerprint density at radius 3 is 2.44 bits per heavy atom. The highest BCUT2D eigenvalue weighted by Gasteiger charge is 2.10. The maximum atomic E-state index is 11.9. The van der Waals surface area contributed by atoms with Gasteiger partial charge in [-0.2, -0.15) is 5.10 Å². The summed E-state index contributed by atoms with van der Waals surface area (Å²) in [6, 6.07) is 13.9. The van der Waals surface area contributed by atoms with Crippen LogP contribution in [-0.2, 0) is 11.2 Å². The summed E-state index contributed by atoms with van der Waals surface area (Å²) < 4.78 is 7.86. The highest BCUT2D eigenvalue weighted by Crippen LogP contribution is 2.29. The van der Waals surface area contributed by atoms with Crippen LogP contribution in [0.2, 0.25) is 0 Å². The smallest absolute Gasteiger partial charge is 0.240 e. The monoisotopic (exact) mass is 562 g/mol. The average molecular weight is 562 g/mol. The highest BCUT2D eigenvalue weighted by molar-refractivity contribution is 14.1. The van der Waals surface area contributed by atoms with E-state index >= 15 is 0 Å². The molecule has 0 aliphatic rings. The highest BCUT2D eigenvalue weighted by atomic mass is 127. The molecule has 0 aromatic heterocycles. The number of amides is 1. The first kappa shape index (κ1) is 20.2. The van der Waals surface area contributed by atoms with Crippen LogP contribution in [0.4, 0.5) is 0 Å². The fraction of sp³-hybridized carbons (Fsp3) is 0.263. The van der Waals surface area contributed by atoms with Crippen molar-refractivity contribution in [2.75, 3.05) is 0 Å². The van der Waals surface area contributed by atoms with Gasteiger partial charge in [-0.05, 0) is 88.7 Å². The van der Waals surface area contributed by atoms with Gasteiger partial charge >= 0.3 is 0 Å². The summed E-state index contributed by atoms with van der Waals surface area (Å²) >= 11 is 4.50. The van der Waals surface area contributed by atoms with E-state index in [1.165, 1.54) is 0 Å². The van der Waals surface area contributed by atoms with Crippen molar-refractivity contribution in [3.05, 3.63) is 60.7 Å². The Kier molecular flexibility index (Phi) is 8.14. The summed E-state index contributed by atoms with van der Waals surface area (Å²) in [5, 5.41) is 4.05. The number of carbonyl (C=O) groups is 1. The number of aryl methyl sites for hydroxylation is 1. The number of nitrogens with one attached hydrogen (secondary N) is 1. The fourth-order valence-electron chi connectivity index (χ4n) is 2.14. The van der Waals surface area contributed by atoms with Crippen molar-refractivity contribution < 1.29 is 9.53 Å². The number of benzene rings is 2. The van der Waals surface area contributed by atoms with Crippen molar-refractivity contribution in [2.24, 2.45) is 5.10 Å². The molecule has 1 N–H and O–H groups in total. The van der Waals surface area contributed by atoms with Crippen LogP contribution in [0.5, 0.6) is 5.75 Å². The third-order valence-electron chi connectivity index (χ3n) is 3.26. The van der Waals surface area contributed by atoms with Gasteiger partial charge in [-0.3, -0.25) is 4.79 Å². The minimum absolute atomic E-state index is 0.0933. The molecule has 0 saturated heterocycles. The Hall–Kier alpha value is -1.16. The van der Waals surface area contributed by atoms with Gasteiger partial charge in [0.25, 0.3) is 0 Å². The van der Waals surface area contributed by atoms with E-state index < -0.39 is 0 Å². The Morgan fingerprint density at radius 2 is 1.84 bits per heavy atom. The molecule has 0 heterocycles. The number of hydrogen-bond acceptors (Lipinski definition) is 3. The van der Waals surface area contributed by atoms with E-state index in [0.29, 0.717) is 12.8 Å². The van der Waals surface area contributed by atoms with Crippen LogP contribution < -0.4 is 10.2 Å². The second kappa shape index (κ2) is 10.1. The molecule has 4 nitrogen and oxygen atoms in total. The Morgan fingerprint density at radius 1 is 1.20 bits per heavy atom. The molecule has 0 atom stereocenters. The molecule has 2 aromatic carbocycles. The zero-order valence-corrected chi connectivity index (χ0v) is 18.4. The second-order valence-electron chi connectivity index (χ2n) is 5.76. The molecule has 2 aromatic rings. The summed E-state index contributed by atoms with van der Waals surface area (Å²) in [5.41, 5.74) is 4.65. The summed E-state index contributed by atoms with van der Waals surface area (Å²) in [4.78, 5) is 11.9. The van der Waals surface area contributed by atoms with Gasteiger partial charge in [0.1, 0.15) is 5.75 Å². The van der Waals surface area contributed by atoms with Gasteiger partial charge in [-0.15, -0.1) is 0 Å². The summed E-state index contributed by atoms with van der Waals surface area (Å²) in [5.74, 6) is 0.796. The van der Waals surface area contributed by atoms with Crippen molar-refractivity contribution in [2.45, 2.75) is 32.8 Å². The first-order valence-electron chi connectivity index (χ1n) is 7.97. The van der Waals surface area contributed by atoms with Crippen LogP contribution in [0, 0.1) is 7.14 Å². The molecule has 25 heavy (non-hydrogen) atoms. The number of ether oxygens (including phenoxy) is 1. The quantitative estimate of drug-likeness (QED) is 0.301. The fourth-order valence-corrected chi connectivity index (χ4v) is 4.21. The van der Waals surface area contributed by atoms with Gasteiger partial charge in [0.15, 0.2) is 0 Å². The number of nitrogens with zero attached hydrogens (tertiary/aromatic N) is 1. The Bertz CT molecular complexity index is 723. The average Bonchev–Trinajstić information content (AvgIpc) is 2.57. The molecular weight excluding hydrogens is 542 g/mol. The lowest BCUT2D eigenvalue weighted by molar-refractivity contribution is -0.121. The van der Waals surface area contributed by atoms with E-state index in [1.807, 2.05) is 56.3 Å². The lowest BCUT2D eigenvalue weighted by Crippen LogP contribution is -2.17. The zero-order chi connectivity index (χ0) is 18.2. The summed E-state index contributed by atoms with van der Waals surface area (Å²) in [6.45, 7) is 4.01. The van der Waals surface area contributed by atoms with Crippen molar-refractivity contribution in [3.63, 3.8) is 0 Å². The van der Waals surface area contributed by atoms with Crippen LogP contribution in [-0.4, -0.2) is 18.2 Å². The minimum Gasteiger partial charge on any atom is -0.489 e. The molecule has 0 spiro atoms. The number of hydrogen-bond donors (Lipinski definition) is 1. The van der Waals surface area contributed by atoms with Crippen LogP contribution in [0.3, 0.4) is 0 Å². The normalized spacial score (nSPS) is 11.1. The summed E-state index contributed by atoms with van der Waals surface area (Å²) in [6.07, 6.45) is 2.91. The SMILES string of the molecule is CC(C)Oc1c(I)cc(/C=N/NC(=O)CCc2ccccc2)cc1I. The molecule has 0 fully saturated rings. The molecule has 0 aliphatic carbocycles. The van der Waals surface area contributed by atoms with Crippen LogP contribution in [0.25, 0.3) is 0 Å². The number of carbonyl (C=O) groups excluding carboxylic acids is 1. The van der Waals surface area contributed by atoms with Crippen molar-refractivity contribution >= 4 is 57.3 Å². The largest absolute Gasteiger partial charge is 0.489 e. The third kappa shape index (κ3) is 6.93. The van der Waals surface area contributed by atoms with Gasteiger partial charge in [0, 0.05) is 6.42 Å². The first-order chi connectivity index (χ1) is 12.0. The number of rotatable bonds is 7. The second-order valence-corrected chi connectivity index (χ2v) is 8.08. The van der Waals surface area contributed by atoms with E-state index in [-0.39, 0.29) is 12.0 Å². The lowest BCUT2D eigenvalue weighted by Gasteiger charge is -2.14. The predicted octanol–water partition coefficient (Wildman–Crippen LogP) is 4.77. The predicted molar refractivity (Wildman–Crippen MR) is 118 cm³/mol. The molecule has 132 valence electrons. The van der Waals surface area contributed by atoms with Crippen molar-refractivity contribution in [3.8, 4) is 5.75 Å². The molecule has 0 radical (unpaired) electrons. The van der Waals surface area contributed by atoms with Gasteiger partial charge in [0.2, 0.25) is 5.91 Å². The standard InChI is InChI=1S/C19H20I2N2O2/c1-13(2)25-19-16(20)10-15(11-17(19)21)12-22-23-18(24)9-8-14-6-4-3-5-7-14/h3-7,10-13H,8-9H2,1-2H3,(H,23,24)/b22-12+. The lowest BCUT2D eigenvalue weighted by atomic mass is 10.1. The summed E-state index contributed by atoms with van der Waals surface area (Å²) in [7, 11) is 0.